The molecule has 9 aromatic rings. The zero-order chi connectivity index (χ0) is 29.5. The number of nitrogens with one attached hydrogen (secondary N) is 1. The molecule has 212 valence electrons. The summed E-state index contributed by atoms with van der Waals surface area (Å²) >= 11 is 3.74. The average Bonchev–Trinajstić information content (AvgIpc) is 3.77. The van der Waals surface area contributed by atoms with E-state index in [0.717, 1.165) is 5.70 Å². The molecule has 0 spiro atoms. The monoisotopic (exact) mass is 611 g/mol. The van der Waals surface area contributed by atoms with Crippen molar-refractivity contribution >= 4 is 96.7 Å². The predicted octanol–water partition coefficient (Wildman–Crippen LogP) is 11.4. The van der Waals surface area contributed by atoms with Gasteiger partial charge in [-0.2, -0.15) is 0 Å². The summed E-state index contributed by atoms with van der Waals surface area (Å²) in [6.07, 6.45) is 3.79. The van der Waals surface area contributed by atoms with Gasteiger partial charge in [-0.3, -0.25) is 0 Å². The van der Waals surface area contributed by atoms with Gasteiger partial charge in [0.25, 0.3) is 0 Å². The lowest BCUT2D eigenvalue weighted by atomic mass is 10.0. The molecule has 0 aliphatic carbocycles. The summed E-state index contributed by atoms with van der Waals surface area (Å²) < 4.78 is 7.65. The van der Waals surface area contributed by atoms with E-state index in [4.69, 9.17) is 4.99 Å². The normalized spacial score (nSPS) is 15.1. The Hall–Kier alpha value is -5.23. The molecule has 0 amide bonds. The summed E-state index contributed by atoms with van der Waals surface area (Å²) in [4.78, 5) is 5.05. The third-order valence-corrected chi connectivity index (χ3v) is 11.5. The summed E-state index contributed by atoms with van der Waals surface area (Å²) in [5.41, 5.74) is 7.06. The summed E-state index contributed by atoms with van der Waals surface area (Å²) in [5.74, 6) is 0. The van der Waals surface area contributed by atoms with E-state index < -0.39 is 0 Å². The molecule has 3 aromatic heterocycles. The molecule has 3 nitrogen and oxygen atoms in total. The lowest BCUT2D eigenvalue weighted by Gasteiger charge is -2.24. The Kier molecular flexibility index (Phi) is 5.38. The molecule has 1 unspecified atom stereocenters. The Balaban J connectivity index is 1.20. The van der Waals surface area contributed by atoms with Crippen molar-refractivity contribution in [3.05, 3.63) is 139 Å². The van der Waals surface area contributed by atoms with Crippen molar-refractivity contribution < 1.29 is 0 Å². The topological polar surface area (TPSA) is 29.3 Å². The first-order valence-electron chi connectivity index (χ1n) is 15.2. The molecule has 6 aromatic carbocycles. The van der Waals surface area contributed by atoms with E-state index >= 15 is 0 Å². The maximum absolute atomic E-state index is 5.05. The fourth-order valence-corrected chi connectivity index (χ4v) is 9.56. The second-order valence-corrected chi connectivity index (χ2v) is 13.7. The molecular formula is C40H25N3S2. The average molecular weight is 612 g/mol. The first-order valence-corrected chi connectivity index (χ1v) is 16.8. The van der Waals surface area contributed by atoms with Crippen LogP contribution in [-0.2, 0) is 0 Å². The smallest absolute Gasteiger partial charge is 0.200 e. The molecule has 0 bridgehead atoms. The molecule has 0 saturated heterocycles. The van der Waals surface area contributed by atoms with Crippen molar-refractivity contribution in [3.63, 3.8) is 0 Å². The summed E-state index contributed by atoms with van der Waals surface area (Å²) in [6.45, 7) is 0. The molecule has 1 aliphatic heterocycles. The minimum atomic E-state index is -0.299. The minimum absolute atomic E-state index is 0.299. The van der Waals surface area contributed by atoms with Gasteiger partial charge >= 0.3 is 0 Å². The standard InChI is InChI=1S/C40H25N3S2/c1-2-9-24(10-3-1)25-17-18-31-34(23-25)43(33-20-19-29-27-12-5-7-16-36(27)45-39(29)37(31)33)40-41-22-21-32(42-40)30-14-8-13-28-26-11-4-6-15-35(26)44-38(28)30/h1-23,40,42H. The van der Waals surface area contributed by atoms with Gasteiger partial charge in [0, 0.05) is 68.6 Å². The number of rotatable bonds is 3. The Morgan fingerprint density at radius 1 is 0.556 bits per heavy atom. The Labute approximate surface area is 267 Å². The van der Waals surface area contributed by atoms with E-state index in [1.54, 1.807) is 0 Å². The largest absolute Gasteiger partial charge is 0.346 e. The van der Waals surface area contributed by atoms with Crippen LogP contribution in [0.4, 0.5) is 0 Å². The van der Waals surface area contributed by atoms with Crippen molar-refractivity contribution in [1.82, 2.24) is 9.88 Å². The van der Waals surface area contributed by atoms with Gasteiger partial charge in [-0.15, -0.1) is 22.7 Å². The number of allylic oxidation sites excluding steroid dienone is 1. The number of fused-ring (bicyclic) bond motifs is 10. The fourth-order valence-electron chi connectivity index (χ4n) is 7.07. The summed E-state index contributed by atoms with van der Waals surface area (Å²) in [5, 5.41) is 11.6. The van der Waals surface area contributed by atoms with Crippen molar-refractivity contribution in [3.8, 4) is 11.1 Å². The molecule has 0 radical (unpaired) electrons. The highest BCUT2D eigenvalue weighted by atomic mass is 32.1. The van der Waals surface area contributed by atoms with Gasteiger partial charge in [0.1, 0.15) is 0 Å². The Bertz CT molecular complexity index is 2690. The van der Waals surface area contributed by atoms with Crippen LogP contribution in [0.5, 0.6) is 0 Å². The van der Waals surface area contributed by atoms with E-state index in [1.165, 1.54) is 78.8 Å². The van der Waals surface area contributed by atoms with Crippen LogP contribution < -0.4 is 5.32 Å². The molecule has 0 fully saturated rings. The van der Waals surface area contributed by atoms with Gasteiger partial charge < -0.3 is 9.88 Å². The number of aromatic nitrogens is 1. The van der Waals surface area contributed by atoms with Crippen LogP contribution in [0.2, 0.25) is 0 Å². The summed E-state index contributed by atoms with van der Waals surface area (Å²) in [7, 11) is 0. The number of hydrogen-bond donors (Lipinski definition) is 1. The van der Waals surface area contributed by atoms with Crippen molar-refractivity contribution in [2.75, 3.05) is 0 Å². The van der Waals surface area contributed by atoms with Crippen LogP contribution in [0.15, 0.2) is 138 Å². The number of hydrogen-bond acceptors (Lipinski definition) is 4. The molecule has 1 atom stereocenters. The van der Waals surface area contributed by atoms with Gasteiger partial charge in [0.2, 0.25) is 6.29 Å². The van der Waals surface area contributed by atoms with Crippen LogP contribution in [0.1, 0.15) is 11.9 Å². The highest BCUT2D eigenvalue weighted by molar-refractivity contribution is 7.27. The first-order chi connectivity index (χ1) is 22.3. The first kappa shape index (κ1) is 25.1. The second kappa shape index (κ2) is 9.63. The number of aliphatic imine (C=N–C) groups is 1. The number of thiophene rings is 2. The van der Waals surface area contributed by atoms with E-state index in [9.17, 15) is 0 Å². The van der Waals surface area contributed by atoms with Crippen LogP contribution in [0.25, 0.3) is 79.0 Å². The van der Waals surface area contributed by atoms with Gasteiger partial charge in [0.05, 0.1) is 11.0 Å². The predicted molar refractivity (Wildman–Crippen MR) is 196 cm³/mol. The quantitative estimate of drug-likeness (QED) is 0.212. The maximum atomic E-state index is 5.05. The van der Waals surface area contributed by atoms with Crippen molar-refractivity contribution in [1.29, 1.82) is 0 Å². The van der Waals surface area contributed by atoms with Gasteiger partial charge in [-0.05, 0) is 41.5 Å². The molecule has 1 aliphatic rings. The number of benzene rings is 6. The molecule has 10 rings (SSSR count). The zero-order valence-corrected chi connectivity index (χ0v) is 25.7. The van der Waals surface area contributed by atoms with Crippen molar-refractivity contribution in [2.45, 2.75) is 6.29 Å². The number of nitrogens with zero attached hydrogens (tertiary/aromatic N) is 2. The highest BCUT2D eigenvalue weighted by Crippen LogP contribution is 2.45. The Morgan fingerprint density at radius 3 is 2.07 bits per heavy atom. The zero-order valence-electron chi connectivity index (χ0n) is 24.1. The van der Waals surface area contributed by atoms with Crippen LogP contribution >= 0.6 is 22.7 Å². The maximum Gasteiger partial charge on any atom is 0.200 e. The van der Waals surface area contributed by atoms with Crippen molar-refractivity contribution in [2.24, 2.45) is 4.99 Å². The lowest BCUT2D eigenvalue weighted by molar-refractivity contribution is 0.511. The molecule has 5 heteroatoms. The summed E-state index contributed by atoms with van der Waals surface area (Å²) in [6, 6.07) is 46.2. The molecule has 4 heterocycles. The fraction of sp³-hybridized carbons (Fsp3) is 0.0250. The van der Waals surface area contributed by atoms with E-state index in [1.807, 2.05) is 28.9 Å². The third-order valence-electron chi connectivity index (χ3n) is 9.11. The van der Waals surface area contributed by atoms with E-state index in [-0.39, 0.29) is 6.29 Å². The molecule has 0 saturated carbocycles. The van der Waals surface area contributed by atoms with Gasteiger partial charge in [0.15, 0.2) is 0 Å². The Morgan fingerprint density at radius 2 is 1.24 bits per heavy atom. The molecule has 45 heavy (non-hydrogen) atoms. The molecule has 1 N–H and O–H groups in total. The lowest BCUT2D eigenvalue weighted by Crippen LogP contribution is -2.26. The van der Waals surface area contributed by atoms with Crippen LogP contribution in [0.3, 0.4) is 0 Å². The van der Waals surface area contributed by atoms with Gasteiger partial charge in [-0.1, -0.05) is 103 Å². The minimum Gasteiger partial charge on any atom is -0.346 e. The second-order valence-electron chi connectivity index (χ2n) is 11.6. The molecular weight excluding hydrogens is 587 g/mol. The van der Waals surface area contributed by atoms with Crippen LogP contribution in [0, 0.1) is 0 Å². The van der Waals surface area contributed by atoms with E-state index in [2.05, 4.69) is 143 Å². The third kappa shape index (κ3) is 3.72. The van der Waals surface area contributed by atoms with E-state index in [0.29, 0.717) is 0 Å². The highest BCUT2D eigenvalue weighted by Gasteiger charge is 2.24. The van der Waals surface area contributed by atoms with Gasteiger partial charge in [-0.25, -0.2) is 4.99 Å². The van der Waals surface area contributed by atoms with Crippen LogP contribution in [-0.4, -0.2) is 10.8 Å². The SMILES string of the molecule is C1=NC(n2c3cc(-c4ccccc4)ccc3c3c4sc5ccccc5c4ccc32)NC(c2cccc3c2sc2ccccc23)=C1.